The first-order chi connectivity index (χ1) is 13.9. The Morgan fingerprint density at radius 1 is 1.00 bits per heavy atom. The van der Waals surface area contributed by atoms with Crippen LogP contribution in [0.2, 0.25) is 0 Å². The van der Waals surface area contributed by atoms with E-state index in [1.165, 1.54) is 10.3 Å². The van der Waals surface area contributed by atoms with E-state index in [0.717, 1.165) is 29.4 Å². The monoisotopic (exact) mass is 408 g/mol. The molecule has 0 spiro atoms. The second kappa shape index (κ2) is 7.52. The number of nitrogens with zero attached hydrogens (tertiary/aromatic N) is 2. The van der Waals surface area contributed by atoms with Gasteiger partial charge >= 0.3 is 0 Å². The quantitative estimate of drug-likeness (QED) is 0.410. The molecule has 0 radical (unpaired) electrons. The molecular formula is C23H24N2O3S. The number of imidazole rings is 1. The van der Waals surface area contributed by atoms with Gasteiger partial charge in [-0.1, -0.05) is 37.6 Å². The van der Waals surface area contributed by atoms with Crippen LogP contribution in [-0.4, -0.2) is 24.0 Å². The van der Waals surface area contributed by atoms with Gasteiger partial charge in [0, 0.05) is 10.8 Å². The van der Waals surface area contributed by atoms with Crippen LogP contribution >= 0.6 is 0 Å². The lowest BCUT2D eigenvalue weighted by Gasteiger charge is -2.14. The summed E-state index contributed by atoms with van der Waals surface area (Å²) < 4.78 is 34.3. The maximum Gasteiger partial charge on any atom is 0.270 e. The smallest absolute Gasteiger partial charge is 0.270 e. The van der Waals surface area contributed by atoms with E-state index < -0.39 is 10.0 Å². The van der Waals surface area contributed by atoms with Crippen LogP contribution in [-0.2, 0) is 10.0 Å². The number of aromatic nitrogens is 2. The van der Waals surface area contributed by atoms with Gasteiger partial charge in [0.2, 0.25) is 0 Å². The van der Waals surface area contributed by atoms with Crippen LogP contribution in [0.5, 0.6) is 5.75 Å². The number of unbranched alkanes of at least 4 members (excludes halogenated alkanes) is 1. The zero-order valence-electron chi connectivity index (χ0n) is 16.8. The fourth-order valence-corrected chi connectivity index (χ4v) is 4.95. The van der Waals surface area contributed by atoms with Crippen LogP contribution < -0.4 is 4.74 Å². The summed E-state index contributed by atoms with van der Waals surface area (Å²) in [7, 11) is -3.82. The molecule has 29 heavy (non-hydrogen) atoms. The zero-order chi connectivity index (χ0) is 20.6. The molecule has 0 saturated heterocycles. The summed E-state index contributed by atoms with van der Waals surface area (Å²) in [6.07, 6.45) is 3.38. The third kappa shape index (κ3) is 3.38. The normalized spacial score (nSPS) is 12.0. The molecule has 6 heteroatoms. The van der Waals surface area contributed by atoms with Gasteiger partial charge in [-0.15, -0.1) is 0 Å². The Morgan fingerprint density at radius 2 is 1.72 bits per heavy atom. The third-order valence-electron chi connectivity index (χ3n) is 5.27. The molecule has 1 heterocycles. The summed E-state index contributed by atoms with van der Waals surface area (Å²) in [5, 5.41) is 1.44. The highest BCUT2D eigenvalue weighted by atomic mass is 32.2. The Kier molecular flexibility index (Phi) is 5.04. The number of benzene rings is 3. The highest BCUT2D eigenvalue weighted by Crippen LogP contribution is 2.33. The van der Waals surface area contributed by atoms with Gasteiger partial charge in [0.1, 0.15) is 12.1 Å². The highest BCUT2D eigenvalue weighted by Gasteiger charge is 2.23. The maximum absolute atomic E-state index is 13.6. The van der Waals surface area contributed by atoms with Gasteiger partial charge in [-0.2, -0.15) is 0 Å². The van der Waals surface area contributed by atoms with Crippen LogP contribution in [0.1, 0.15) is 30.9 Å². The average Bonchev–Trinajstić information content (AvgIpc) is 3.11. The first kappa shape index (κ1) is 19.5. The lowest BCUT2D eigenvalue weighted by molar-refractivity contribution is 0.313. The van der Waals surface area contributed by atoms with Gasteiger partial charge in [0.15, 0.2) is 0 Å². The number of fused-ring (bicyclic) bond motifs is 2. The molecule has 3 aromatic carbocycles. The zero-order valence-corrected chi connectivity index (χ0v) is 17.7. The highest BCUT2D eigenvalue weighted by molar-refractivity contribution is 7.90. The van der Waals surface area contributed by atoms with Gasteiger partial charge in [0.25, 0.3) is 10.0 Å². The molecule has 0 aliphatic rings. The van der Waals surface area contributed by atoms with Crippen molar-refractivity contribution in [2.45, 2.75) is 38.5 Å². The van der Waals surface area contributed by atoms with E-state index >= 15 is 0 Å². The van der Waals surface area contributed by atoms with Crippen molar-refractivity contribution >= 4 is 31.8 Å². The molecule has 0 unspecified atom stereocenters. The van der Waals surface area contributed by atoms with Crippen molar-refractivity contribution < 1.29 is 13.2 Å². The minimum absolute atomic E-state index is 0.244. The summed E-state index contributed by atoms with van der Waals surface area (Å²) in [4.78, 5) is 4.56. The molecule has 0 fully saturated rings. The van der Waals surface area contributed by atoms with Crippen LogP contribution in [0.4, 0.5) is 0 Å². The van der Waals surface area contributed by atoms with E-state index in [1.807, 2.05) is 50.2 Å². The lowest BCUT2D eigenvalue weighted by atomic mass is 10.1. The molecule has 4 aromatic rings. The van der Waals surface area contributed by atoms with Crippen molar-refractivity contribution in [3.63, 3.8) is 0 Å². The molecule has 150 valence electrons. The summed E-state index contributed by atoms with van der Waals surface area (Å²) in [5.41, 5.74) is 3.36. The Bertz CT molecular complexity index is 1310. The molecule has 0 saturated carbocycles. The van der Waals surface area contributed by atoms with Crippen molar-refractivity contribution in [3.8, 4) is 5.75 Å². The van der Waals surface area contributed by atoms with Gasteiger partial charge in [-0.25, -0.2) is 17.4 Å². The van der Waals surface area contributed by atoms with E-state index in [2.05, 4.69) is 11.9 Å². The van der Waals surface area contributed by atoms with Crippen LogP contribution in [0.3, 0.4) is 0 Å². The number of rotatable bonds is 6. The largest absolute Gasteiger partial charge is 0.493 e. The van der Waals surface area contributed by atoms with Crippen molar-refractivity contribution in [2.24, 2.45) is 0 Å². The minimum atomic E-state index is -3.82. The van der Waals surface area contributed by atoms with Crippen molar-refractivity contribution in [2.75, 3.05) is 6.61 Å². The number of hydrogen-bond acceptors (Lipinski definition) is 4. The molecule has 0 atom stereocenters. The Labute approximate surface area is 171 Å². The average molecular weight is 409 g/mol. The topological polar surface area (TPSA) is 61.2 Å². The molecule has 0 N–H and O–H groups in total. The predicted octanol–water partition coefficient (Wildman–Crippen LogP) is 5.22. The minimum Gasteiger partial charge on any atom is -0.493 e. The molecule has 0 bridgehead atoms. The second-order valence-electron chi connectivity index (χ2n) is 7.28. The Morgan fingerprint density at radius 3 is 2.48 bits per heavy atom. The van der Waals surface area contributed by atoms with E-state index in [0.29, 0.717) is 28.8 Å². The van der Waals surface area contributed by atoms with Crippen molar-refractivity contribution in [3.05, 3.63) is 66.0 Å². The molecule has 5 nitrogen and oxygen atoms in total. The van der Waals surface area contributed by atoms with Crippen molar-refractivity contribution in [1.82, 2.24) is 8.96 Å². The van der Waals surface area contributed by atoms with E-state index in [4.69, 9.17) is 4.74 Å². The van der Waals surface area contributed by atoms with Crippen LogP contribution in [0.25, 0.3) is 21.8 Å². The van der Waals surface area contributed by atoms with Crippen molar-refractivity contribution in [1.29, 1.82) is 0 Å². The summed E-state index contributed by atoms with van der Waals surface area (Å²) in [6.45, 7) is 6.68. The van der Waals surface area contributed by atoms with Gasteiger partial charge in [-0.05, 0) is 55.7 Å². The van der Waals surface area contributed by atoms with Gasteiger partial charge < -0.3 is 4.74 Å². The number of hydrogen-bond donors (Lipinski definition) is 0. The standard InChI is InChI=1S/C23H24N2O3S/c1-4-5-12-28-22-10-11-23(19-9-7-6-8-18(19)22)29(26,27)25-15-24-20-13-16(2)17(3)14-21(20)25/h6-11,13-15H,4-5,12H2,1-3H3. The first-order valence-electron chi connectivity index (χ1n) is 9.78. The van der Waals surface area contributed by atoms with Gasteiger partial charge in [0.05, 0.1) is 22.5 Å². The van der Waals surface area contributed by atoms with Crippen LogP contribution in [0, 0.1) is 13.8 Å². The molecule has 0 aliphatic heterocycles. The molecular weight excluding hydrogens is 384 g/mol. The SMILES string of the molecule is CCCCOc1ccc(S(=O)(=O)n2cnc3cc(C)c(C)cc32)c2ccccc12. The summed E-state index contributed by atoms with van der Waals surface area (Å²) >= 11 is 0. The molecule has 4 rings (SSSR count). The number of aryl methyl sites for hydroxylation is 2. The second-order valence-corrected chi connectivity index (χ2v) is 9.06. The fourth-order valence-electron chi connectivity index (χ4n) is 3.46. The van der Waals surface area contributed by atoms with E-state index in [-0.39, 0.29) is 4.90 Å². The molecule has 1 aromatic heterocycles. The third-order valence-corrected chi connectivity index (χ3v) is 6.99. The number of ether oxygens (including phenoxy) is 1. The predicted molar refractivity (Wildman–Crippen MR) is 116 cm³/mol. The van der Waals surface area contributed by atoms with Gasteiger partial charge in [-0.3, -0.25) is 0 Å². The molecule has 0 aliphatic carbocycles. The van der Waals surface area contributed by atoms with E-state index in [1.54, 1.807) is 12.1 Å². The van der Waals surface area contributed by atoms with E-state index in [9.17, 15) is 8.42 Å². The fraction of sp³-hybridized carbons (Fsp3) is 0.261. The first-order valence-corrected chi connectivity index (χ1v) is 11.2. The maximum atomic E-state index is 13.6. The summed E-state index contributed by atoms with van der Waals surface area (Å²) in [5.74, 6) is 0.704. The molecule has 0 amide bonds. The Hall–Kier alpha value is -2.86. The Balaban J connectivity index is 1.88. The van der Waals surface area contributed by atoms with Crippen LogP contribution in [0.15, 0.2) is 59.8 Å². The summed E-state index contributed by atoms with van der Waals surface area (Å²) in [6, 6.07) is 14.6. The lowest BCUT2D eigenvalue weighted by Crippen LogP contribution is -2.13.